The highest BCUT2D eigenvalue weighted by atomic mass is 32.2. The third kappa shape index (κ3) is 4.06. The first-order valence-corrected chi connectivity index (χ1v) is 7.26. The number of nitrogens with one attached hydrogen (secondary N) is 1. The number of hydrogen-bond acceptors (Lipinski definition) is 5. The summed E-state index contributed by atoms with van der Waals surface area (Å²) in [4.78, 5) is 22.2. The van der Waals surface area contributed by atoms with Crippen LogP contribution in [0.25, 0.3) is 11.4 Å². The van der Waals surface area contributed by atoms with Gasteiger partial charge in [-0.2, -0.15) is 0 Å². The lowest BCUT2D eigenvalue weighted by molar-refractivity contribution is -0.133. The van der Waals surface area contributed by atoms with Crippen LogP contribution in [-0.4, -0.2) is 43.3 Å². The van der Waals surface area contributed by atoms with Crippen molar-refractivity contribution < 1.29 is 14.7 Å². The highest BCUT2D eigenvalue weighted by molar-refractivity contribution is 8.00. The first-order chi connectivity index (χ1) is 10.1. The number of carbonyl (C=O) groups excluding carboxylic acids is 1. The van der Waals surface area contributed by atoms with Gasteiger partial charge in [0.25, 0.3) is 0 Å². The molecule has 0 aliphatic rings. The molecule has 7 nitrogen and oxygen atoms in total. The Kier molecular flexibility index (Phi) is 4.94. The lowest BCUT2D eigenvalue weighted by Crippen LogP contribution is -2.16. The van der Waals surface area contributed by atoms with Crippen LogP contribution in [0.1, 0.15) is 0 Å². The number of thioether (sulfide) groups is 1. The van der Waals surface area contributed by atoms with Crippen LogP contribution in [-0.2, 0) is 16.6 Å². The van der Waals surface area contributed by atoms with Crippen molar-refractivity contribution in [1.29, 1.82) is 0 Å². The normalized spacial score (nSPS) is 10.3. The molecule has 2 N–H and O–H groups in total. The van der Waals surface area contributed by atoms with E-state index in [0.717, 1.165) is 17.3 Å². The maximum atomic E-state index is 11.8. The largest absolute Gasteiger partial charge is 0.481 e. The second kappa shape index (κ2) is 6.89. The van der Waals surface area contributed by atoms with Crippen LogP contribution in [0.3, 0.4) is 0 Å². The van der Waals surface area contributed by atoms with Crippen LogP contribution >= 0.6 is 11.8 Å². The summed E-state index contributed by atoms with van der Waals surface area (Å²) in [6.45, 7) is 0. The van der Waals surface area contributed by atoms with Gasteiger partial charge in [-0.15, -0.1) is 22.0 Å². The van der Waals surface area contributed by atoms with E-state index in [1.807, 2.05) is 19.2 Å². The van der Waals surface area contributed by atoms with Crippen LogP contribution in [0.4, 0.5) is 5.69 Å². The molecule has 2 rings (SSSR count). The molecule has 21 heavy (non-hydrogen) atoms. The second-order valence-corrected chi connectivity index (χ2v) is 5.23. The molecule has 0 unspecified atom stereocenters. The van der Waals surface area contributed by atoms with Gasteiger partial charge in [0, 0.05) is 12.6 Å². The molecule has 0 aliphatic heterocycles. The Labute approximate surface area is 125 Å². The highest BCUT2D eigenvalue weighted by Gasteiger charge is 2.12. The van der Waals surface area contributed by atoms with Gasteiger partial charge >= 0.3 is 5.97 Å². The van der Waals surface area contributed by atoms with Gasteiger partial charge in [0.1, 0.15) is 6.33 Å². The average molecular weight is 306 g/mol. The van der Waals surface area contributed by atoms with Crippen LogP contribution < -0.4 is 5.32 Å². The van der Waals surface area contributed by atoms with Crippen molar-refractivity contribution in [2.45, 2.75) is 0 Å². The Bertz CT molecular complexity index is 656. The fraction of sp³-hybridized carbons (Fsp3) is 0.231. The number of hydrogen-bond donors (Lipinski definition) is 2. The van der Waals surface area contributed by atoms with E-state index in [9.17, 15) is 9.59 Å². The van der Waals surface area contributed by atoms with E-state index in [-0.39, 0.29) is 17.4 Å². The molecular formula is C13H14N4O3S. The summed E-state index contributed by atoms with van der Waals surface area (Å²) in [7, 11) is 1.82. The van der Waals surface area contributed by atoms with Crippen LogP contribution in [0.15, 0.2) is 30.6 Å². The SMILES string of the molecule is Cn1cnnc1-c1ccccc1NC(=O)CSCC(=O)O. The van der Waals surface area contributed by atoms with Gasteiger partial charge in [0.05, 0.1) is 17.2 Å². The number of carboxylic acids is 1. The maximum Gasteiger partial charge on any atom is 0.313 e. The molecule has 110 valence electrons. The molecule has 0 saturated heterocycles. The number of para-hydroxylation sites is 1. The van der Waals surface area contributed by atoms with Gasteiger partial charge in [-0.3, -0.25) is 9.59 Å². The predicted molar refractivity (Wildman–Crippen MR) is 80.0 cm³/mol. The zero-order valence-electron chi connectivity index (χ0n) is 11.3. The zero-order valence-corrected chi connectivity index (χ0v) is 12.1. The number of benzene rings is 1. The Hall–Kier alpha value is -2.35. The van der Waals surface area contributed by atoms with E-state index in [0.29, 0.717) is 11.5 Å². The predicted octanol–water partition coefficient (Wildman–Crippen LogP) is 1.24. The molecule has 8 heteroatoms. The Morgan fingerprint density at radius 2 is 2.10 bits per heavy atom. The van der Waals surface area contributed by atoms with Crippen LogP contribution in [0, 0.1) is 0 Å². The maximum absolute atomic E-state index is 11.8. The van der Waals surface area contributed by atoms with Crippen molar-refractivity contribution in [2.24, 2.45) is 7.05 Å². The molecule has 0 fully saturated rings. The number of aryl methyl sites for hydroxylation is 1. The molecule has 0 aliphatic carbocycles. The number of carboxylic acid groups (broad SMARTS) is 1. The fourth-order valence-corrected chi connectivity index (χ4v) is 2.27. The number of aliphatic carboxylic acids is 1. The minimum Gasteiger partial charge on any atom is -0.481 e. The van der Waals surface area contributed by atoms with Gasteiger partial charge in [0.2, 0.25) is 5.91 Å². The van der Waals surface area contributed by atoms with Crippen molar-refractivity contribution in [3.05, 3.63) is 30.6 Å². The van der Waals surface area contributed by atoms with Crippen molar-refractivity contribution >= 4 is 29.3 Å². The van der Waals surface area contributed by atoms with Crippen molar-refractivity contribution in [2.75, 3.05) is 16.8 Å². The molecule has 0 spiro atoms. The topological polar surface area (TPSA) is 97.1 Å². The summed E-state index contributed by atoms with van der Waals surface area (Å²) in [5.74, 6) is -0.565. The van der Waals surface area contributed by atoms with E-state index in [4.69, 9.17) is 5.11 Å². The smallest absolute Gasteiger partial charge is 0.313 e. The summed E-state index contributed by atoms with van der Waals surface area (Å²) in [6, 6.07) is 7.26. The number of nitrogens with zero attached hydrogens (tertiary/aromatic N) is 3. The number of amides is 1. The highest BCUT2D eigenvalue weighted by Crippen LogP contribution is 2.25. The summed E-state index contributed by atoms with van der Waals surface area (Å²) >= 11 is 1.05. The van der Waals surface area contributed by atoms with E-state index >= 15 is 0 Å². The summed E-state index contributed by atoms with van der Waals surface area (Å²) < 4.78 is 1.75. The first-order valence-electron chi connectivity index (χ1n) is 6.10. The Morgan fingerprint density at radius 3 is 2.76 bits per heavy atom. The third-order valence-electron chi connectivity index (χ3n) is 2.61. The minimum absolute atomic E-state index is 0.0828. The molecule has 1 amide bonds. The van der Waals surface area contributed by atoms with E-state index in [2.05, 4.69) is 15.5 Å². The number of aromatic nitrogens is 3. The molecule has 1 aromatic heterocycles. The second-order valence-electron chi connectivity index (χ2n) is 4.25. The van der Waals surface area contributed by atoms with E-state index in [1.165, 1.54) is 0 Å². The van der Waals surface area contributed by atoms with Gasteiger partial charge in [-0.05, 0) is 12.1 Å². The first kappa shape index (κ1) is 15.0. The van der Waals surface area contributed by atoms with Crippen LogP contribution in [0.5, 0.6) is 0 Å². The molecule has 1 aromatic carbocycles. The number of anilines is 1. The lowest BCUT2D eigenvalue weighted by atomic mass is 10.1. The lowest BCUT2D eigenvalue weighted by Gasteiger charge is -2.10. The molecular weight excluding hydrogens is 292 g/mol. The monoisotopic (exact) mass is 306 g/mol. The van der Waals surface area contributed by atoms with Gasteiger partial charge in [-0.1, -0.05) is 12.1 Å². The Morgan fingerprint density at radius 1 is 1.33 bits per heavy atom. The summed E-state index contributed by atoms with van der Waals surface area (Å²) in [6.07, 6.45) is 1.58. The van der Waals surface area contributed by atoms with Gasteiger partial charge < -0.3 is 15.0 Å². The molecule has 0 radical (unpaired) electrons. The number of carbonyl (C=O) groups is 2. The Balaban J connectivity index is 2.09. The molecule has 0 bridgehead atoms. The quantitative estimate of drug-likeness (QED) is 0.833. The zero-order chi connectivity index (χ0) is 15.2. The van der Waals surface area contributed by atoms with Crippen molar-refractivity contribution in [3.8, 4) is 11.4 Å². The van der Waals surface area contributed by atoms with E-state index in [1.54, 1.807) is 23.0 Å². The van der Waals surface area contributed by atoms with Crippen molar-refractivity contribution in [3.63, 3.8) is 0 Å². The van der Waals surface area contributed by atoms with Crippen molar-refractivity contribution in [1.82, 2.24) is 14.8 Å². The molecule has 1 heterocycles. The molecule has 0 atom stereocenters. The summed E-state index contributed by atoms with van der Waals surface area (Å²) in [5, 5.41) is 19.1. The third-order valence-corrected chi connectivity index (χ3v) is 3.53. The standard InChI is InChI=1S/C13H14N4O3S/c1-17-8-14-16-13(17)9-4-2-3-5-10(9)15-11(18)6-21-7-12(19)20/h2-5,8H,6-7H2,1H3,(H,15,18)(H,19,20). The van der Waals surface area contributed by atoms with Gasteiger partial charge in [0.15, 0.2) is 5.82 Å². The molecule has 2 aromatic rings. The fourth-order valence-electron chi connectivity index (χ4n) is 1.73. The molecule has 0 saturated carbocycles. The summed E-state index contributed by atoms with van der Waals surface area (Å²) in [5.41, 5.74) is 1.38. The number of rotatable bonds is 6. The van der Waals surface area contributed by atoms with Crippen LogP contribution in [0.2, 0.25) is 0 Å². The minimum atomic E-state index is -0.938. The van der Waals surface area contributed by atoms with Gasteiger partial charge in [-0.25, -0.2) is 0 Å². The average Bonchev–Trinajstić information content (AvgIpc) is 2.85. The van der Waals surface area contributed by atoms with E-state index < -0.39 is 5.97 Å².